The predicted octanol–water partition coefficient (Wildman–Crippen LogP) is 0.973. The van der Waals surface area contributed by atoms with E-state index in [9.17, 15) is 9.59 Å². The third kappa shape index (κ3) is 5.15. The molecule has 0 aromatic heterocycles. The van der Waals surface area contributed by atoms with Crippen LogP contribution in [0.3, 0.4) is 0 Å². The normalized spacial score (nSPS) is 11.2. The van der Waals surface area contributed by atoms with Crippen molar-refractivity contribution in [1.82, 2.24) is 0 Å². The number of aliphatic imine (C=N–C) groups is 1. The number of carbonyl (C=O) groups is 2. The zero-order valence-corrected chi connectivity index (χ0v) is 6.26. The van der Waals surface area contributed by atoms with Crippen molar-refractivity contribution in [1.29, 1.82) is 0 Å². The maximum absolute atomic E-state index is 10.4. The van der Waals surface area contributed by atoms with Crippen molar-refractivity contribution in [2.45, 2.75) is 26.7 Å². The third-order valence-corrected chi connectivity index (χ3v) is 1.11. The van der Waals surface area contributed by atoms with Crippen LogP contribution >= 0.6 is 0 Å². The quantitative estimate of drug-likeness (QED) is 0.432. The van der Waals surface area contributed by atoms with Gasteiger partial charge in [0.15, 0.2) is 0 Å². The van der Waals surface area contributed by atoms with E-state index in [0.717, 1.165) is 0 Å². The van der Waals surface area contributed by atoms with Crippen LogP contribution in [0.25, 0.3) is 0 Å². The van der Waals surface area contributed by atoms with Gasteiger partial charge in [0.2, 0.25) is 6.41 Å². The minimum atomic E-state index is 0.125. The van der Waals surface area contributed by atoms with E-state index in [1.807, 2.05) is 0 Å². The van der Waals surface area contributed by atoms with Crippen molar-refractivity contribution in [3.8, 4) is 0 Å². The average Bonchev–Trinajstić information content (AvgIpc) is 1.85. The molecule has 1 amide bonds. The lowest BCUT2D eigenvalue weighted by molar-refractivity contribution is -0.117. The molecule has 3 heteroatoms. The lowest BCUT2D eigenvalue weighted by atomic mass is 10.2. The molecule has 0 saturated heterocycles. The number of hydrogen-bond acceptors (Lipinski definition) is 2. The second-order valence-corrected chi connectivity index (χ2v) is 2.17. The summed E-state index contributed by atoms with van der Waals surface area (Å²) in [6, 6.07) is 0. The lowest BCUT2D eigenvalue weighted by Gasteiger charge is -1.92. The zero-order valence-electron chi connectivity index (χ0n) is 6.26. The number of rotatable bonds is 4. The van der Waals surface area contributed by atoms with Crippen molar-refractivity contribution in [2.24, 2.45) is 4.99 Å². The van der Waals surface area contributed by atoms with Crippen LogP contribution in [-0.4, -0.2) is 17.9 Å². The zero-order chi connectivity index (χ0) is 7.98. The fourth-order valence-electron chi connectivity index (χ4n) is 0.511. The van der Waals surface area contributed by atoms with Crippen LogP contribution in [0, 0.1) is 0 Å². The van der Waals surface area contributed by atoms with Gasteiger partial charge in [-0.2, -0.15) is 0 Å². The molecule has 0 aliphatic carbocycles. The van der Waals surface area contributed by atoms with Crippen LogP contribution in [0.15, 0.2) is 4.99 Å². The van der Waals surface area contributed by atoms with E-state index >= 15 is 0 Å². The van der Waals surface area contributed by atoms with Gasteiger partial charge < -0.3 is 4.79 Å². The van der Waals surface area contributed by atoms with Crippen LogP contribution in [0.1, 0.15) is 26.7 Å². The molecule has 0 fully saturated rings. The van der Waals surface area contributed by atoms with Crippen molar-refractivity contribution in [3.63, 3.8) is 0 Å². The summed E-state index contributed by atoms with van der Waals surface area (Å²) < 4.78 is 0. The van der Waals surface area contributed by atoms with E-state index in [0.29, 0.717) is 25.0 Å². The number of amides is 1. The summed E-state index contributed by atoms with van der Waals surface area (Å²) in [5.41, 5.74) is 0.713. The monoisotopic (exact) mass is 141 g/mol. The molecule has 0 aliphatic heterocycles. The Morgan fingerprint density at radius 1 is 1.40 bits per heavy atom. The van der Waals surface area contributed by atoms with E-state index in [2.05, 4.69) is 4.99 Å². The summed E-state index contributed by atoms with van der Waals surface area (Å²) in [6.45, 7) is 3.26. The highest BCUT2D eigenvalue weighted by Crippen LogP contribution is 1.92. The van der Waals surface area contributed by atoms with Gasteiger partial charge in [-0.15, -0.1) is 0 Å². The van der Waals surface area contributed by atoms with Gasteiger partial charge in [0.05, 0.1) is 0 Å². The fourth-order valence-corrected chi connectivity index (χ4v) is 0.511. The molecule has 56 valence electrons. The molecule has 0 heterocycles. The molecular weight excluding hydrogens is 130 g/mol. The molecule has 0 aromatic rings. The van der Waals surface area contributed by atoms with Crippen molar-refractivity contribution in [2.75, 3.05) is 0 Å². The van der Waals surface area contributed by atoms with Crippen LogP contribution < -0.4 is 0 Å². The van der Waals surface area contributed by atoms with E-state index in [4.69, 9.17) is 0 Å². The largest absolute Gasteiger partial charge is 0.300 e. The topological polar surface area (TPSA) is 46.5 Å². The number of hydrogen-bond donors (Lipinski definition) is 0. The van der Waals surface area contributed by atoms with Crippen LogP contribution in [-0.2, 0) is 9.59 Å². The maximum Gasteiger partial charge on any atom is 0.232 e. The van der Waals surface area contributed by atoms with E-state index in [1.165, 1.54) is 6.92 Å². The summed E-state index contributed by atoms with van der Waals surface area (Å²) in [6.07, 6.45) is 1.56. The Kier molecular flexibility index (Phi) is 4.37. The Balaban J connectivity index is 3.58. The Hall–Kier alpha value is -0.990. The first kappa shape index (κ1) is 9.01. The SMILES string of the molecule is CC(=O)CCC(C)=NC=O. The Bertz CT molecular complexity index is 161. The second-order valence-electron chi connectivity index (χ2n) is 2.17. The summed E-state index contributed by atoms with van der Waals surface area (Å²) >= 11 is 0. The summed E-state index contributed by atoms with van der Waals surface area (Å²) in [4.78, 5) is 23.7. The number of carbonyl (C=O) groups excluding carboxylic acids is 2. The highest BCUT2D eigenvalue weighted by atomic mass is 16.1. The molecule has 3 nitrogen and oxygen atoms in total. The molecule has 0 bridgehead atoms. The minimum absolute atomic E-state index is 0.125. The van der Waals surface area contributed by atoms with Gasteiger partial charge in [-0.25, -0.2) is 4.99 Å². The first-order chi connectivity index (χ1) is 4.66. The molecule has 0 atom stereocenters. The highest BCUT2D eigenvalue weighted by molar-refractivity contribution is 5.90. The molecule has 0 spiro atoms. The molecule has 0 rings (SSSR count). The smallest absolute Gasteiger partial charge is 0.232 e. The fraction of sp³-hybridized carbons (Fsp3) is 0.571. The highest BCUT2D eigenvalue weighted by Gasteiger charge is 1.94. The second kappa shape index (κ2) is 4.85. The van der Waals surface area contributed by atoms with E-state index in [-0.39, 0.29) is 5.78 Å². The van der Waals surface area contributed by atoms with Gasteiger partial charge >= 0.3 is 0 Å². The van der Waals surface area contributed by atoms with Crippen LogP contribution in [0.2, 0.25) is 0 Å². The van der Waals surface area contributed by atoms with Crippen LogP contribution in [0.4, 0.5) is 0 Å². The van der Waals surface area contributed by atoms with Crippen molar-refractivity contribution < 1.29 is 9.59 Å². The van der Waals surface area contributed by atoms with Gasteiger partial charge in [0.1, 0.15) is 5.78 Å². The number of Topliss-reactive ketones (excluding diaryl/α,β-unsaturated/α-hetero) is 1. The summed E-state index contributed by atoms with van der Waals surface area (Å²) in [5.74, 6) is 0.125. The molecule has 0 N–H and O–H groups in total. The van der Waals surface area contributed by atoms with Crippen LogP contribution in [0.5, 0.6) is 0 Å². The number of ketones is 1. The first-order valence-corrected chi connectivity index (χ1v) is 3.13. The molecule has 0 aromatic carbocycles. The lowest BCUT2D eigenvalue weighted by Crippen LogP contribution is -1.97. The van der Waals surface area contributed by atoms with Crippen molar-refractivity contribution >= 4 is 17.9 Å². The van der Waals surface area contributed by atoms with Gasteiger partial charge in [-0.3, -0.25) is 4.79 Å². The maximum atomic E-state index is 10.4. The summed E-state index contributed by atoms with van der Waals surface area (Å²) in [7, 11) is 0. The van der Waals surface area contributed by atoms with Gasteiger partial charge in [0.25, 0.3) is 0 Å². The first-order valence-electron chi connectivity index (χ1n) is 3.13. The minimum Gasteiger partial charge on any atom is -0.300 e. The van der Waals surface area contributed by atoms with Gasteiger partial charge in [-0.05, 0) is 20.3 Å². The molecule has 0 radical (unpaired) electrons. The third-order valence-electron chi connectivity index (χ3n) is 1.11. The van der Waals surface area contributed by atoms with Crippen molar-refractivity contribution in [3.05, 3.63) is 0 Å². The summed E-state index contributed by atoms with van der Waals surface area (Å²) in [5, 5.41) is 0. The Labute approximate surface area is 60.1 Å². The molecule has 0 unspecified atom stereocenters. The molecule has 10 heavy (non-hydrogen) atoms. The molecule has 0 aliphatic rings. The Morgan fingerprint density at radius 3 is 2.40 bits per heavy atom. The number of nitrogens with zero attached hydrogens (tertiary/aromatic N) is 1. The predicted molar refractivity (Wildman–Crippen MR) is 39.1 cm³/mol. The van der Waals surface area contributed by atoms with E-state index < -0.39 is 0 Å². The van der Waals surface area contributed by atoms with E-state index in [1.54, 1.807) is 6.92 Å². The standard InChI is InChI=1S/C7H11NO2/c1-6(8-5-9)3-4-7(2)10/h5H,3-4H2,1-2H3. The average molecular weight is 141 g/mol. The van der Waals surface area contributed by atoms with Gasteiger partial charge in [0, 0.05) is 12.1 Å². The molecule has 0 saturated carbocycles. The Morgan fingerprint density at radius 2 is 2.00 bits per heavy atom. The van der Waals surface area contributed by atoms with Gasteiger partial charge in [-0.1, -0.05) is 0 Å². The molecular formula is C7H11NO2.